The Labute approximate surface area is 138 Å². The Balaban J connectivity index is 1.78. The Morgan fingerprint density at radius 2 is 1.83 bits per heavy atom. The third kappa shape index (κ3) is 5.95. The van der Waals surface area contributed by atoms with Gasteiger partial charge < -0.3 is 10.6 Å². The van der Waals surface area contributed by atoms with E-state index in [0.717, 1.165) is 12.8 Å². The maximum absolute atomic E-state index is 12.1. The second-order valence-corrected chi connectivity index (χ2v) is 8.21. The quantitative estimate of drug-likeness (QED) is 0.615. The van der Waals surface area contributed by atoms with E-state index in [1.165, 1.54) is 50.7 Å². The zero-order valence-corrected chi connectivity index (χ0v) is 14.5. The van der Waals surface area contributed by atoms with E-state index in [9.17, 15) is 13.2 Å². The van der Waals surface area contributed by atoms with E-state index in [-0.39, 0.29) is 10.8 Å². The molecule has 2 N–H and O–H groups in total. The van der Waals surface area contributed by atoms with E-state index in [4.69, 9.17) is 0 Å². The SMILES string of the molecule is CS(=O)(=O)c1cccc(C(=O)NCCNC2CCCCCC2)c1. The summed E-state index contributed by atoms with van der Waals surface area (Å²) >= 11 is 0. The van der Waals surface area contributed by atoms with Gasteiger partial charge in [0.2, 0.25) is 0 Å². The summed E-state index contributed by atoms with van der Waals surface area (Å²) in [6.07, 6.45) is 8.77. The van der Waals surface area contributed by atoms with Gasteiger partial charge in [0.25, 0.3) is 5.91 Å². The van der Waals surface area contributed by atoms with Crippen molar-refractivity contribution in [2.75, 3.05) is 19.3 Å². The predicted octanol–water partition coefficient (Wildman–Crippen LogP) is 2.13. The van der Waals surface area contributed by atoms with Crippen LogP contribution in [-0.2, 0) is 9.84 Å². The molecule has 1 aliphatic rings. The van der Waals surface area contributed by atoms with Crippen LogP contribution in [0.5, 0.6) is 0 Å². The number of carbonyl (C=O) groups is 1. The first kappa shape index (κ1) is 17.9. The molecule has 1 aliphatic carbocycles. The highest BCUT2D eigenvalue weighted by atomic mass is 32.2. The molecule has 0 heterocycles. The highest BCUT2D eigenvalue weighted by molar-refractivity contribution is 7.90. The molecule has 23 heavy (non-hydrogen) atoms. The fourth-order valence-electron chi connectivity index (χ4n) is 2.91. The summed E-state index contributed by atoms with van der Waals surface area (Å²) in [4.78, 5) is 12.3. The number of hydrogen-bond donors (Lipinski definition) is 2. The Bertz CT molecular complexity index is 620. The molecule has 1 aromatic carbocycles. The van der Waals surface area contributed by atoms with Gasteiger partial charge in [-0.25, -0.2) is 8.42 Å². The Morgan fingerprint density at radius 1 is 1.13 bits per heavy atom. The maximum Gasteiger partial charge on any atom is 0.251 e. The maximum atomic E-state index is 12.1. The van der Waals surface area contributed by atoms with Gasteiger partial charge >= 0.3 is 0 Å². The van der Waals surface area contributed by atoms with Gasteiger partial charge in [-0.15, -0.1) is 0 Å². The van der Waals surface area contributed by atoms with Crippen LogP contribution in [0.3, 0.4) is 0 Å². The van der Waals surface area contributed by atoms with Crippen LogP contribution in [0.1, 0.15) is 48.9 Å². The lowest BCUT2D eigenvalue weighted by molar-refractivity contribution is 0.0953. The van der Waals surface area contributed by atoms with Crippen LogP contribution in [0.2, 0.25) is 0 Å². The van der Waals surface area contributed by atoms with Crippen molar-refractivity contribution in [2.24, 2.45) is 0 Å². The molecule has 2 rings (SSSR count). The average molecular weight is 338 g/mol. The first-order chi connectivity index (χ1) is 11.0. The van der Waals surface area contributed by atoms with E-state index in [1.54, 1.807) is 12.1 Å². The Morgan fingerprint density at radius 3 is 2.48 bits per heavy atom. The zero-order chi connectivity index (χ0) is 16.7. The molecule has 1 amide bonds. The molecule has 0 aromatic heterocycles. The van der Waals surface area contributed by atoms with Gasteiger partial charge in [0.1, 0.15) is 0 Å². The van der Waals surface area contributed by atoms with E-state index in [2.05, 4.69) is 10.6 Å². The van der Waals surface area contributed by atoms with E-state index in [1.807, 2.05) is 0 Å². The largest absolute Gasteiger partial charge is 0.351 e. The Hall–Kier alpha value is -1.40. The van der Waals surface area contributed by atoms with Crippen LogP contribution in [0.4, 0.5) is 0 Å². The normalized spacial score (nSPS) is 16.7. The van der Waals surface area contributed by atoms with Crippen LogP contribution >= 0.6 is 0 Å². The monoisotopic (exact) mass is 338 g/mol. The van der Waals surface area contributed by atoms with Crippen molar-refractivity contribution in [1.82, 2.24) is 10.6 Å². The van der Waals surface area contributed by atoms with E-state index < -0.39 is 9.84 Å². The minimum atomic E-state index is -3.29. The molecule has 6 heteroatoms. The third-order valence-corrected chi connectivity index (χ3v) is 5.33. The van der Waals surface area contributed by atoms with Crippen molar-refractivity contribution in [1.29, 1.82) is 0 Å². The topological polar surface area (TPSA) is 75.3 Å². The summed E-state index contributed by atoms with van der Waals surface area (Å²) in [5.74, 6) is -0.238. The number of hydrogen-bond acceptors (Lipinski definition) is 4. The molecule has 0 aliphatic heterocycles. The van der Waals surface area contributed by atoms with Gasteiger partial charge in [-0.05, 0) is 31.0 Å². The second-order valence-electron chi connectivity index (χ2n) is 6.20. The number of nitrogens with one attached hydrogen (secondary N) is 2. The fraction of sp³-hybridized carbons (Fsp3) is 0.588. The molecule has 0 radical (unpaired) electrons. The summed E-state index contributed by atoms with van der Waals surface area (Å²) in [5.41, 5.74) is 0.377. The van der Waals surface area contributed by atoms with E-state index >= 15 is 0 Å². The molecule has 0 bridgehead atoms. The molecule has 1 fully saturated rings. The minimum absolute atomic E-state index is 0.168. The lowest BCUT2D eigenvalue weighted by Gasteiger charge is -2.16. The van der Waals surface area contributed by atoms with Crippen molar-refractivity contribution in [2.45, 2.75) is 49.5 Å². The Kier molecular flexibility index (Phi) is 6.59. The summed E-state index contributed by atoms with van der Waals surface area (Å²) in [6.45, 7) is 1.28. The highest BCUT2D eigenvalue weighted by Crippen LogP contribution is 2.16. The van der Waals surface area contributed by atoms with Gasteiger partial charge in [-0.2, -0.15) is 0 Å². The molecule has 1 saturated carbocycles. The first-order valence-corrected chi connectivity index (χ1v) is 10.2. The van der Waals surface area contributed by atoms with Crippen molar-refractivity contribution >= 4 is 15.7 Å². The van der Waals surface area contributed by atoms with E-state index in [0.29, 0.717) is 18.2 Å². The van der Waals surface area contributed by atoms with Crippen molar-refractivity contribution in [3.05, 3.63) is 29.8 Å². The summed E-state index contributed by atoms with van der Waals surface area (Å²) in [6, 6.07) is 6.70. The molecule has 0 unspecified atom stereocenters. The second kappa shape index (κ2) is 8.45. The lowest BCUT2D eigenvalue weighted by atomic mass is 10.1. The first-order valence-electron chi connectivity index (χ1n) is 8.28. The highest BCUT2D eigenvalue weighted by Gasteiger charge is 2.13. The predicted molar refractivity (Wildman–Crippen MR) is 91.4 cm³/mol. The number of rotatable bonds is 6. The van der Waals surface area contributed by atoms with Crippen molar-refractivity contribution in [3.63, 3.8) is 0 Å². The van der Waals surface area contributed by atoms with Crippen molar-refractivity contribution in [3.8, 4) is 0 Å². The van der Waals surface area contributed by atoms with Crippen LogP contribution in [0, 0.1) is 0 Å². The van der Waals surface area contributed by atoms with Gasteiger partial charge in [0.05, 0.1) is 4.90 Å². The molecule has 0 spiro atoms. The average Bonchev–Trinajstić information content (AvgIpc) is 2.79. The third-order valence-electron chi connectivity index (χ3n) is 4.22. The van der Waals surface area contributed by atoms with Gasteiger partial charge in [0, 0.05) is 31.0 Å². The minimum Gasteiger partial charge on any atom is -0.351 e. The van der Waals surface area contributed by atoms with Crippen molar-refractivity contribution < 1.29 is 13.2 Å². The van der Waals surface area contributed by atoms with Gasteiger partial charge in [-0.1, -0.05) is 31.7 Å². The number of carbonyl (C=O) groups excluding carboxylic acids is 1. The van der Waals surface area contributed by atoms with Gasteiger partial charge in [0.15, 0.2) is 9.84 Å². The standard InChI is InChI=1S/C17H26N2O3S/c1-23(21,22)16-10-6-7-14(13-16)17(20)19-12-11-18-15-8-4-2-3-5-9-15/h6-7,10,13,15,18H,2-5,8-9,11-12H2,1H3,(H,19,20). The van der Waals surface area contributed by atoms with Gasteiger partial charge in [-0.3, -0.25) is 4.79 Å². The zero-order valence-electron chi connectivity index (χ0n) is 13.7. The molecule has 0 saturated heterocycles. The smallest absolute Gasteiger partial charge is 0.251 e. The van der Waals surface area contributed by atoms with Crippen LogP contribution in [0.15, 0.2) is 29.2 Å². The molecular formula is C17H26N2O3S. The molecule has 1 aromatic rings. The lowest BCUT2D eigenvalue weighted by Crippen LogP contribution is -2.36. The number of benzene rings is 1. The van der Waals surface area contributed by atoms with Crippen LogP contribution in [-0.4, -0.2) is 39.7 Å². The molecule has 5 nitrogen and oxygen atoms in total. The fourth-order valence-corrected chi connectivity index (χ4v) is 3.57. The number of sulfone groups is 1. The molecular weight excluding hydrogens is 312 g/mol. The summed E-state index contributed by atoms with van der Waals surface area (Å²) < 4.78 is 23.1. The summed E-state index contributed by atoms with van der Waals surface area (Å²) in [7, 11) is -3.29. The van der Waals surface area contributed by atoms with Crippen LogP contribution in [0.25, 0.3) is 0 Å². The number of amides is 1. The van der Waals surface area contributed by atoms with Crippen LogP contribution < -0.4 is 10.6 Å². The molecule has 128 valence electrons. The molecule has 0 atom stereocenters. The summed E-state index contributed by atoms with van der Waals surface area (Å²) in [5, 5.41) is 6.33.